The highest BCUT2D eigenvalue weighted by atomic mass is 14.9. The second-order valence-electron chi connectivity index (χ2n) is 6.75. The molecule has 2 aliphatic rings. The van der Waals surface area contributed by atoms with Gasteiger partial charge in [-0.3, -0.25) is 0 Å². The second kappa shape index (κ2) is 5.21. The summed E-state index contributed by atoms with van der Waals surface area (Å²) in [5.41, 5.74) is 1.41. The van der Waals surface area contributed by atoms with E-state index in [0.29, 0.717) is 0 Å². The Morgan fingerprint density at radius 1 is 0.950 bits per heavy atom. The molecule has 2 aliphatic carbocycles. The summed E-state index contributed by atoms with van der Waals surface area (Å²) in [7, 11) is 0. The molecular formula is C19H23N. The third-order valence-corrected chi connectivity index (χ3v) is 5.43. The van der Waals surface area contributed by atoms with Gasteiger partial charge in [-0.05, 0) is 66.0 Å². The predicted octanol–water partition coefficient (Wildman–Crippen LogP) is 4.37. The molecular weight excluding hydrogens is 242 g/mol. The molecule has 0 saturated heterocycles. The normalized spacial score (nSPS) is 28.3. The fourth-order valence-electron chi connectivity index (χ4n) is 4.38. The molecule has 2 aromatic carbocycles. The van der Waals surface area contributed by atoms with Crippen LogP contribution in [0.2, 0.25) is 0 Å². The van der Waals surface area contributed by atoms with E-state index in [1.807, 2.05) is 0 Å². The van der Waals surface area contributed by atoms with E-state index in [1.165, 1.54) is 48.6 Å². The zero-order valence-corrected chi connectivity index (χ0v) is 12.0. The largest absolute Gasteiger partial charge is 0.312 e. The first kappa shape index (κ1) is 12.4. The van der Waals surface area contributed by atoms with Crippen LogP contribution in [0.3, 0.4) is 0 Å². The van der Waals surface area contributed by atoms with Gasteiger partial charge >= 0.3 is 0 Å². The molecule has 0 spiro atoms. The van der Waals surface area contributed by atoms with E-state index in [1.54, 1.807) is 0 Å². The molecule has 3 atom stereocenters. The van der Waals surface area contributed by atoms with Crippen LogP contribution < -0.4 is 5.32 Å². The van der Waals surface area contributed by atoms with Crippen LogP contribution in [0.5, 0.6) is 0 Å². The maximum Gasteiger partial charge on any atom is 0.0205 e. The molecule has 3 unspecified atom stereocenters. The lowest BCUT2D eigenvalue weighted by molar-refractivity contribution is 0.318. The summed E-state index contributed by atoms with van der Waals surface area (Å²) in [6.07, 6.45) is 6.00. The fraction of sp³-hybridized carbons (Fsp3) is 0.474. The summed E-state index contributed by atoms with van der Waals surface area (Å²) in [4.78, 5) is 0. The number of nitrogens with one attached hydrogen (secondary N) is 1. The van der Waals surface area contributed by atoms with Gasteiger partial charge in [0.05, 0.1) is 0 Å². The van der Waals surface area contributed by atoms with Crippen LogP contribution in [-0.2, 0) is 6.54 Å². The minimum Gasteiger partial charge on any atom is -0.312 e. The van der Waals surface area contributed by atoms with Gasteiger partial charge in [-0.2, -0.15) is 0 Å². The molecule has 2 bridgehead atoms. The zero-order valence-electron chi connectivity index (χ0n) is 12.0. The van der Waals surface area contributed by atoms with Crippen molar-refractivity contribution in [2.45, 2.75) is 32.2 Å². The van der Waals surface area contributed by atoms with Crippen molar-refractivity contribution in [3.8, 4) is 0 Å². The highest BCUT2D eigenvalue weighted by Gasteiger charge is 2.38. The molecule has 20 heavy (non-hydrogen) atoms. The molecule has 1 heteroatoms. The monoisotopic (exact) mass is 265 g/mol. The standard InChI is InChI=1S/C19H23N/c1-2-4-17-11-15(6-7-16(17)3-1)12-20-13-19-10-14-5-8-18(19)9-14/h1-4,6-7,11,14,18-20H,5,8-10,12-13H2. The van der Waals surface area contributed by atoms with Crippen LogP contribution in [0.1, 0.15) is 31.2 Å². The lowest BCUT2D eigenvalue weighted by Gasteiger charge is -2.22. The second-order valence-corrected chi connectivity index (χ2v) is 6.75. The summed E-state index contributed by atoms with van der Waals surface area (Å²) < 4.78 is 0. The van der Waals surface area contributed by atoms with Gasteiger partial charge in [0.15, 0.2) is 0 Å². The third kappa shape index (κ3) is 2.35. The maximum absolute atomic E-state index is 3.69. The summed E-state index contributed by atoms with van der Waals surface area (Å²) in [6.45, 7) is 2.23. The molecule has 2 saturated carbocycles. The SMILES string of the molecule is c1ccc2cc(CNCC3CC4CCC3C4)ccc2c1. The van der Waals surface area contributed by atoms with E-state index < -0.39 is 0 Å². The van der Waals surface area contributed by atoms with E-state index in [9.17, 15) is 0 Å². The molecule has 1 nitrogen and oxygen atoms in total. The highest BCUT2D eigenvalue weighted by molar-refractivity contribution is 5.82. The van der Waals surface area contributed by atoms with Gasteiger partial charge in [0.1, 0.15) is 0 Å². The predicted molar refractivity (Wildman–Crippen MR) is 84.6 cm³/mol. The van der Waals surface area contributed by atoms with Gasteiger partial charge in [-0.15, -0.1) is 0 Å². The number of hydrogen-bond donors (Lipinski definition) is 1. The molecule has 2 aromatic rings. The van der Waals surface area contributed by atoms with Crippen molar-refractivity contribution < 1.29 is 0 Å². The number of hydrogen-bond acceptors (Lipinski definition) is 1. The van der Waals surface area contributed by atoms with Crippen LogP contribution in [0, 0.1) is 17.8 Å². The summed E-state index contributed by atoms with van der Waals surface area (Å²) in [5, 5.41) is 6.38. The van der Waals surface area contributed by atoms with Gasteiger partial charge in [-0.25, -0.2) is 0 Å². The quantitative estimate of drug-likeness (QED) is 0.865. The lowest BCUT2D eigenvalue weighted by Crippen LogP contribution is -2.26. The van der Waals surface area contributed by atoms with Crippen molar-refractivity contribution in [1.82, 2.24) is 5.32 Å². The Kier molecular flexibility index (Phi) is 3.23. The molecule has 104 valence electrons. The first-order valence-electron chi connectivity index (χ1n) is 8.07. The Morgan fingerprint density at radius 3 is 2.65 bits per heavy atom. The van der Waals surface area contributed by atoms with Crippen LogP contribution in [-0.4, -0.2) is 6.54 Å². The topological polar surface area (TPSA) is 12.0 Å². The molecule has 0 amide bonds. The molecule has 0 radical (unpaired) electrons. The van der Waals surface area contributed by atoms with Gasteiger partial charge in [-0.1, -0.05) is 42.8 Å². The fourth-order valence-corrected chi connectivity index (χ4v) is 4.38. The van der Waals surface area contributed by atoms with Gasteiger partial charge < -0.3 is 5.32 Å². The van der Waals surface area contributed by atoms with Crippen molar-refractivity contribution in [3.63, 3.8) is 0 Å². The van der Waals surface area contributed by atoms with Crippen molar-refractivity contribution >= 4 is 10.8 Å². The molecule has 0 aromatic heterocycles. The Labute approximate surface area is 121 Å². The van der Waals surface area contributed by atoms with Crippen LogP contribution >= 0.6 is 0 Å². The van der Waals surface area contributed by atoms with Gasteiger partial charge in [0.2, 0.25) is 0 Å². The minimum atomic E-state index is 0.953. The van der Waals surface area contributed by atoms with Gasteiger partial charge in [0.25, 0.3) is 0 Å². The van der Waals surface area contributed by atoms with E-state index in [-0.39, 0.29) is 0 Å². The average molecular weight is 265 g/mol. The average Bonchev–Trinajstić information content (AvgIpc) is 3.10. The zero-order chi connectivity index (χ0) is 13.4. The van der Waals surface area contributed by atoms with Crippen molar-refractivity contribution in [3.05, 3.63) is 48.0 Å². The number of fused-ring (bicyclic) bond motifs is 3. The lowest BCUT2D eigenvalue weighted by atomic mass is 9.89. The summed E-state index contributed by atoms with van der Waals surface area (Å²) in [6, 6.07) is 15.4. The van der Waals surface area contributed by atoms with E-state index in [0.717, 1.165) is 24.3 Å². The van der Waals surface area contributed by atoms with Crippen molar-refractivity contribution in [2.24, 2.45) is 17.8 Å². The molecule has 1 N–H and O–H groups in total. The summed E-state index contributed by atoms with van der Waals surface area (Å²) >= 11 is 0. The Balaban J connectivity index is 1.36. The smallest absolute Gasteiger partial charge is 0.0205 e. The Bertz CT molecular complexity index is 603. The highest BCUT2D eigenvalue weighted by Crippen LogP contribution is 2.47. The maximum atomic E-state index is 3.69. The van der Waals surface area contributed by atoms with Gasteiger partial charge in [0, 0.05) is 6.54 Å². The molecule has 0 heterocycles. The van der Waals surface area contributed by atoms with Crippen LogP contribution in [0.4, 0.5) is 0 Å². The van der Waals surface area contributed by atoms with Crippen molar-refractivity contribution in [2.75, 3.05) is 6.54 Å². The van der Waals surface area contributed by atoms with E-state index in [2.05, 4.69) is 47.8 Å². The third-order valence-electron chi connectivity index (χ3n) is 5.43. The van der Waals surface area contributed by atoms with Crippen LogP contribution in [0.15, 0.2) is 42.5 Å². The van der Waals surface area contributed by atoms with E-state index in [4.69, 9.17) is 0 Å². The molecule has 2 fully saturated rings. The molecule has 0 aliphatic heterocycles. The molecule has 4 rings (SSSR count). The first-order chi connectivity index (χ1) is 9.88. The summed E-state index contributed by atoms with van der Waals surface area (Å²) in [5.74, 6) is 3.05. The Hall–Kier alpha value is -1.34. The minimum absolute atomic E-state index is 0.953. The first-order valence-corrected chi connectivity index (χ1v) is 8.07. The van der Waals surface area contributed by atoms with Crippen LogP contribution in [0.25, 0.3) is 10.8 Å². The number of benzene rings is 2. The Morgan fingerprint density at radius 2 is 1.85 bits per heavy atom. The number of rotatable bonds is 4. The van der Waals surface area contributed by atoms with Crippen molar-refractivity contribution in [1.29, 1.82) is 0 Å². The van der Waals surface area contributed by atoms with E-state index >= 15 is 0 Å².